The molecule has 7 heteroatoms. The molecule has 1 aromatic heterocycles. The van der Waals surface area contributed by atoms with E-state index in [-0.39, 0.29) is 30.1 Å². The van der Waals surface area contributed by atoms with Gasteiger partial charge in [-0.3, -0.25) is 9.59 Å². The summed E-state index contributed by atoms with van der Waals surface area (Å²) in [4.78, 5) is 29.9. The molecule has 2 aromatic rings. The second-order valence-corrected chi connectivity index (χ2v) is 6.28. The first-order valence-corrected chi connectivity index (χ1v) is 8.21. The van der Waals surface area contributed by atoms with Crippen LogP contribution >= 0.6 is 0 Å². The van der Waals surface area contributed by atoms with E-state index in [4.69, 9.17) is 9.47 Å². The first-order chi connectivity index (χ1) is 12.2. The van der Waals surface area contributed by atoms with Gasteiger partial charge in [0.15, 0.2) is 5.78 Å². The molecule has 1 N–H and O–H groups in total. The van der Waals surface area contributed by atoms with Crippen LogP contribution in [-0.4, -0.2) is 54.5 Å². The van der Waals surface area contributed by atoms with Crippen molar-refractivity contribution in [3.63, 3.8) is 0 Å². The summed E-state index contributed by atoms with van der Waals surface area (Å²) >= 11 is 0. The highest BCUT2D eigenvalue weighted by Gasteiger charge is 2.42. The van der Waals surface area contributed by atoms with Crippen molar-refractivity contribution in [2.24, 2.45) is 0 Å². The molecule has 0 spiro atoms. The fraction of sp³-hybridized carbons (Fsp3) is 0.389. The number of Topliss-reactive ketones (excluding diaryl/α,β-unsaturated/α-hetero) is 2. The largest absolute Gasteiger partial charge is 0.497 e. The number of nitrogens with zero attached hydrogens (tertiary/aromatic N) is 2. The maximum absolute atomic E-state index is 13.1. The zero-order valence-electron chi connectivity index (χ0n) is 14.1. The summed E-state index contributed by atoms with van der Waals surface area (Å²) < 4.78 is 12.1. The molecule has 3 heterocycles. The highest BCUT2D eigenvalue weighted by Crippen LogP contribution is 2.38. The summed E-state index contributed by atoms with van der Waals surface area (Å²) in [6, 6.07) is 5.03. The van der Waals surface area contributed by atoms with Crippen molar-refractivity contribution in [3.05, 3.63) is 41.5 Å². The summed E-state index contributed by atoms with van der Waals surface area (Å²) in [5.41, 5.74) is 2.47. The Morgan fingerprint density at radius 1 is 1.40 bits per heavy atom. The summed E-state index contributed by atoms with van der Waals surface area (Å²) in [7, 11) is 3.06. The van der Waals surface area contributed by atoms with Crippen LogP contribution in [0.25, 0.3) is 5.69 Å². The molecule has 25 heavy (non-hydrogen) atoms. The number of carbonyl (C=O) groups is 2. The van der Waals surface area contributed by atoms with Crippen molar-refractivity contribution in [2.75, 3.05) is 27.4 Å². The predicted octanol–water partition coefficient (Wildman–Crippen LogP) is 1.35. The highest BCUT2D eigenvalue weighted by atomic mass is 16.5. The first-order valence-electron chi connectivity index (χ1n) is 8.21. The standard InChI is InChI=1S/C18H19N3O4/c1-24-8-14(22)16-17-11-5-6-19-15(11)18(23)12-7-10(25-2)3-4-13(12)21(17)9-20-16/h3-4,7,9,11,15,19H,5-6,8H2,1-2H3/t11-,15?/m1/s1. The van der Waals surface area contributed by atoms with Gasteiger partial charge in [0.1, 0.15) is 24.4 Å². The van der Waals surface area contributed by atoms with Crippen molar-refractivity contribution in [2.45, 2.75) is 18.4 Å². The van der Waals surface area contributed by atoms with E-state index in [0.717, 1.165) is 24.3 Å². The van der Waals surface area contributed by atoms with Gasteiger partial charge >= 0.3 is 0 Å². The van der Waals surface area contributed by atoms with E-state index in [0.29, 0.717) is 17.0 Å². The molecule has 0 aliphatic carbocycles. The van der Waals surface area contributed by atoms with Crippen molar-refractivity contribution >= 4 is 11.6 Å². The Kier molecular flexibility index (Phi) is 3.89. The lowest BCUT2D eigenvalue weighted by Gasteiger charge is -2.16. The van der Waals surface area contributed by atoms with Gasteiger partial charge < -0.3 is 19.4 Å². The zero-order chi connectivity index (χ0) is 17.6. The first kappa shape index (κ1) is 16.0. The summed E-state index contributed by atoms with van der Waals surface area (Å²) in [6.45, 7) is 0.696. The smallest absolute Gasteiger partial charge is 0.208 e. The van der Waals surface area contributed by atoms with Crippen LogP contribution in [0.3, 0.4) is 0 Å². The molecule has 1 fully saturated rings. The second-order valence-electron chi connectivity index (χ2n) is 6.28. The third-order valence-electron chi connectivity index (χ3n) is 4.93. The molecule has 0 saturated carbocycles. The van der Waals surface area contributed by atoms with Crippen molar-refractivity contribution in [1.82, 2.24) is 14.9 Å². The molecule has 1 aromatic carbocycles. The van der Waals surface area contributed by atoms with E-state index in [9.17, 15) is 9.59 Å². The number of imidazole rings is 1. The van der Waals surface area contributed by atoms with Crippen molar-refractivity contribution in [3.8, 4) is 11.4 Å². The fourth-order valence-corrected chi connectivity index (χ4v) is 3.81. The van der Waals surface area contributed by atoms with Gasteiger partial charge in [-0.1, -0.05) is 0 Å². The average Bonchev–Trinajstić information content (AvgIpc) is 3.25. The molecular formula is C18H19N3O4. The molecular weight excluding hydrogens is 322 g/mol. The molecule has 0 amide bonds. The number of rotatable bonds is 4. The van der Waals surface area contributed by atoms with E-state index >= 15 is 0 Å². The molecule has 1 unspecified atom stereocenters. The number of ether oxygens (including phenoxy) is 2. The molecule has 2 aliphatic heterocycles. The molecule has 7 nitrogen and oxygen atoms in total. The molecule has 2 atom stereocenters. The summed E-state index contributed by atoms with van der Waals surface area (Å²) in [6.07, 6.45) is 2.40. The molecule has 0 radical (unpaired) electrons. The average molecular weight is 341 g/mol. The van der Waals surface area contributed by atoms with E-state index in [1.807, 2.05) is 10.6 Å². The molecule has 2 aliphatic rings. The van der Waals surface area contributed by atoms with Gasteiger partial charge in [-0.25, -0.2) is 4.98 Å². The predicted molar refractivity (Wildman–Crippen MR) is 89.8 cm³/mol. The highest BCUT2D eigenvalue weighted by molar-refractivity contribution is 6.06. The monoisotopic (exact) mass is 341 g/mol. The lowest BCUT2D eigenvalue weighted by atomic mass is 9.90. The molecule has 4 rings (SSSR count). The molecule has 130 valence electrons. The van der Waals surface area contributed by atoms with Gasteiger partial charge in [-0.15, -0.1) is 0 Å². The zero-order valence-corrected chi connectivity index (χ0v) is 14.1. The third kappa shape index (κ3) is 2.39. The minimum Gasteiger partial charge on any atom is -0.497 e. The molecule has 1 saturated heterocycles. The van der Waals surface area contributed by atoms with Crippen molar-refractivity contribution < 1.29 is 19.1 Å². The fourth-order valence-electron chi connectivity index (χ4n) is 3.81. The van der Waals surface area contributed by atoms with Crippen LogP contribution in [0.2, 0.25) is 0 Å². The van der Waals surface area contributed by atoms with E-state index in [1.54, 1.807) is 25.6 Å². The van der Waals surface area contributed by atoms with Gasteiger partial charge in [0.25, 0.3) is 0 Å². The maximum atomic E-state index is 13.1. The van der Waals surface area contributed by atoms with Crippen LogP contribution in [0.4, 0.5) is 0 Å². The summed E-state index contributed by atoms with van der Waals surface area (Å²) in [5.74, 6) is 0.377. The van der Waals surface area contributed by atoms with E-state index in [1.165, 1.54) is 7.11 Å². The van der Waals surface area contributed by atoms with Gasteiger partial charge in [-0.05, 0) is 31.2 Å². The normalized spacial score (nSPS) is 21.3. The Morgan fingerprint density at radius 3 is 3.00 bits per heavy atom. The Balaban J connectivity index is 1.95. The number of hydrogen-bond acceptors (Lipinski definition) is 6. The number of nitrogens with one attached hydrogen (secondary N) is 1. The van der Waals surface area contributed by atoms with Crippen LogP contribution in [0.15, 0.2) is 24.5 Å². The van der Waals surface area contributed by atoms with Crippen LogP contribution in [0.1, 0.15) is 38.9 Å². The Hall–Kier alpha value is -2.51. The van der Waals surface area contributed by atoms with Crippen LogP contribution in [0.5, 0.6) is 5.75 Å². The van der Waals surface area contributed by atoms with Gasteiger partial charge in [0, 0.05) is 18.6 Å². The molecule has 0 bridgehead atoms. The van der Waals surface area contributed by atoms with Gasteiger partial charge in [0.05, 0.1) is 24.5 Å². The number of carbonyl (C=O) groups excluding carboxylic acids is 2. The number of methoxy groups -OCH3 is 2. The van der Waals surface area contributed by atoms with Crippen LogP contribution in [0, 0.1) is 0 Å². The van der Waals surface area contributed by atoms with Gasteiger partial charge in [-0.2, -0.15) is 0 Å². The van der Waals surface area contributed by atoms with E-state index < -0.39 is 0 Å². The Bertz CT molecular complexity index is 858. The summed E-state index contributed by atoms with van der Waals surface area (Å²) in [5, 5.41) is 3.28. The lowest BCUT2D eigenvalue weighted by molar-refractivity contribution is 0.0839. The minimum atomic E-state index is -0.363. The van der Waals surface area contributed by atoms with Crippen LogP contribution in [-0.2, 0) is 4.74 Å². The quantitative estimate of drug-likeness (QED) is 0.846. The SMILES string of the molecule is COCC(=O)c1ncn2c1[C@@H]1CCNC1C(=O)c1cc(OC)ccc1-2. The second kappa shape index (κ2) is 6.09. The topological polar surface area (TPSA) is 82.5 Å². The Morgan fingerprint density at radius 2 is 2.24 bits per heavy atom. The third-order valence-corrected chi connectivity index (χ3v) is 4.93. The number of aromatic nitrogens is 2. The minimum absolute atomic E-state index is 0.0187. The van der Waals surface area contributed by atoms with Crippen molar-refractivity contribution in [1.29, 1.82) is 0 Å². The van der Waals surface area contributed by atoms with E-state index in [2.05, 4.69) is 10.3 Å². The number of hydrogen-bond donors (Lipinski definition) is 1. The Labute approximate surface area is 145 Å². The lowest BCUT2D eigenvalue weighted by Crippen LogP contribution is -2.34. The maximum Gasteiger partial charge on any atom is 0.208 e. The number of fused-ring (bicyclic) bond motifs is 5. The van der Waals surface area contributed by atoms with Crippen LogP contribution < -0.4 is 10.1 Å². The number of ketones is 2. The van der Waals surface area contributed by atoms with Gasteiger partial charge in [0.2, 0.25) is 5.78 Å². The number of benzene rings is 1.